The first kappa shape index (κ1) is 38.3. The Labute approximate surface area is 324 Å². The van der Waals surface area contributed by atoms with Crippen LogP contribution in [-0.4, -0.2) is 69.0 Å². The fourth-order valence-electron chi connectivity index (χ4n) is 8.84. The van der Waals surface area contributed by atoms with Crippen LogP contribution in [0.3, 0.4) is 0 Å². The maximum absolute atomic E-state index is 13.8. The molecule has 3 heterocycles. The fraction of sp³-hybridized carbons (Fsp3) is 0.523. The molecule has 4 aliphatic rings. The lowest BCUT2D eigenvalue weighted by Gasteiger charge is -2.40. The van der Waals surface area contributed by atoms with Crippen LogP contribution < -0.4 is 10.6 Å². The van der Waals surface area contributed by atoms with Crippen molar-refractivity contribution in [3.8, 4) is 22.5 Å². The summed E-state index contributed by atoms with van der Waals surface area (Å²) in [6.45, 7) is 9.57. The van der Waals surface area contributed by atoms with Gasteiger partial charge in [0.15, 0.2) is 0 Å². The van der Waals surface area contributed by atoms with Crippen molar-refractivity contribution >= 4 is 17.9 Å². The zero-order valence-corrected chi connectivity index (χ0v) is 33.0. The van der Waals surface area contributed by atoms with Crippen LogP contribution in [0.5, 0.6) is 0 Å². The van der Waals surface area contributed by atoms with Gasteiger partial charge in [-0.15, -0.1) is 0 Å². The number of carbonyl (C=O) groups is 3. The molecule has 0 radical (unpaired) electrons. The van der Waals surface area contributed by atoms with Crippen LogP contribution in [0.25, 0.3) is 22.5 Å². The van der Waals surface area contributed by atoms with Gasteiger partial charge in [0.2, 0.25) is 11.8 Å². The van der Waals surface area contributed by atoms with Crippen molar-refractivity contribution < 1.29 is 19.1 Å². The quantitative estimate of drug-likeness (QED) is 0.0904. The molecular weight excluding hydrogens is 691 g/mol. The zero-order chi connectivity index (χ0) is 38.6. The Morgan fingerprint density at radius 3 is 2.20 bits per heavy atom. The van der Waals surface area contributed by atoms with Crippen molar-refractivity contribution in [3.05, 3.63) is 82.7 Å². The van der Waals surface area contributed by atoms with Gasteiger partial charge in [0.1, 0.15) is 17.7 Å². The molecule has 11 heteroatoms. The third-order valence-corrected chi connectivity index (χ3v) is 12.4. The van der Waals surface area contributed by atoms with Gasteiger partial charge in [0, 0.05) is 37.8 Å². The molecule has 6 atom stereocenters. The van der Waals surface area contributed by atoms with E-state index in [0.29, 0.717) is 37.3 Å². The van der Waals surface area contributed by atoms with E-state index >= 15 is 0 Å². The standard InChI is InChI=1S/C44H57N7O4/c1-6-26(3)21-40(52)45-19-9-8-12-39-46-24-36(48-39)28-13-15-30-33-18-17-32(34(30)22-28)31-16-14-29(23-35(31)33)37-25-47-42(49-37)38-11-10-20-51(38)43(53)41(27(4)7-2)50-44(54)55-5/h13-16,22-27,32-33,38,41H,6-12,17-21H2,1-5H3,(H,45,52)(H,46,48)(H,47,49)(H,50,54). The minimum atomic E-state index is -0.652. The van der Waals surface area contributed by atoms with Gasteiger partial charge < -0.3 is 30.2 Å². The molecule has 1 aliphatic heterocycles. The summed E-state index contributed by atoms with van der Waals surface area (Å²) in [7, 11) is 1.32. The van der Waals surface area contributed by atoms with Gasteiger partial charge in [-0.05, 0) is 95.9 Å². The summed E-state index contributed by atoms with van der Waals surface area (Å²) in [4.78, 5) is 56.5. The van der Waals surface area contributed by atoms with Crippen molar-refractivity contribution in [3.63, 3.8) is 0 Å². The lowest BCUT2D eigenvalue weighted by atomic mass is 9.63. The number of nitrogens with zero attached hydrogens (tertiary/aromatic N) is 3. The molecule has 4 aromatic rings. The van der Waals surface area contributed by atoms with Crippen LogP contribution in [0.1, 0.15) is 137 Å². The van der Waals surface area contributed by atoms with Crippen LogP contribution in [-0.2, 0) is 20.7 Å². The molecule has 11 nitrogen and oxygen atoms in total. The van der Waals surface area contributed by atoms with Gasteiger partial charge in [0.25, 0.3) is 0 Å². The van der Waals surface area contributed by atoms with E-state index < -0.39 is 12.1 Å². The van der Waals surface area contributed by atoms with Gasteiger partial charge >= 0.3 is 6.09 Å². The number of nitrogens with one attached hydrogen (secondary N) is 4. The lowest BCUT2D eigenvalue weighted by Crippen LogP contribution is -2.51. The van der Waals surface area contributed by atoms with Gasteiger partial charge in [-0.1, -0.05) is 64.8 Å². The van der Waals surface area contributed by atoms with Crippen molar-refractivity contribution in [1.82, 2.24) is 35.5 Å². The summed E-state index contributed by atoms with van der Waals surface area (Å²) < 4.78 is 4.83. The molecule has 8 rings (SSSR count). The molecule has 0 saturated carbocycles. The van der Waals surface area contributed by atoms with E-state index in [9.17, 15) is 14.4 Å². The first-order chi connectivity index (χ1) is 26.7. The summed E-state index contributed by atoms with van der Waals surface area (Å²) in [5.74, 6) is 2.91. The van der Waals surface area contributed by atoms with Gasteiger partial charge in [-0.2, -0.15) is 0 Å². The number of imidazole rings is 2. The highest BCUT2D eigenvalue weighted by Crippen LogP contribution is 2.54. The Morgan fingerprint density at radius 2 is 1.55 bits per heavy atom. The van der Waals surface area contributed by atoms with Crippen molar-refractivity contribution in [2.45, 2.75) is 116 Å². The lowest BCUT2D eigenvalue weighted by molar-refractivity contribution is -0.135. The number of ether oxygens (including phenoxy) is 1. The molecular formula is C44H57N7O4. The second kappa shape index (κ2) is 16.8. The molecule has 4 N–H and O–H groups in total. The Bertz CT molecular complexity index is 2000. The Kier molecular flexibility index (Phi) is 11.7. The summed E-state index contributed by atoms with van der Waals surface area (Å²) in [6.07, 6.45) is 12.4. The number of hydrogen-bond acceptors (Lipinski definition) is 6. The van der Waals surface area contributed by atoms with Crippen LogP contribution in [0.2, 0.25) is 0 Å². The van der Waals surface area contributed by atoms with Gasteiger partial charge in [-0.25, -0.2) is 14.8 Å². The number of amides is 3. The molecule has 3 amide bonds. The fourth-order valence-corrected chi connectivity index (χ4v) is 8.84. The average Bonchev–Trinajstić information content (AvgIpc) is 4.01. The number of fused-ring (bicyclic) bond motifs is 1. The number of unbranched alkanes of at least 4 members (excludes halogenated alkanes) is 1. The SMILES string of the molecule is CCC(C)CC(=O)NCCCCc1ncc(-c2ccc3c(c2)C2CCC3c3cc(-c4cnc(C5CCCN5C(=O)C(NC(=O)OC)C(C)CC)[nH]4)ccc32)[nH]1. The van der Waals surface area contributed by atoms with E-state index in [1.54, 1.807) is 0 Å². The number of aryl methyl sites for hydroxylation is 1. The number of carbonyl (C=O) groups excluding carboxylic acids is 3. The first-order valence-corrected chi connectivity index (χ1v) is 20.5. The number of likely N-dealkylation sites (tertiary alicyclic amines) is 1. The maximum Gasteiger partial charge on any atom is 0.407 e. The largest absolute Gasteiger partial charge is 0.453 e. The maximum atomic E-state index is 13.8. The molecule has 0 spiro atoms. The van der Waals surface area contributed by atoms with E-state index in [-0.39, 0.29) is 23.8 Å². The van der Waals surface area contributed by atoms with E-state index in [2.05, 4.69) is 70.8 Å². The third-order valence-electron chi connectivity index (χ3n) is 12.4. The molecule has 1 fully saturated rings. The van der Waals surface area contributed by atoms with Crippen molar-refractivity contribution in [1.29, 1.82) is 0 Å². The molecule has 2 bridgehead atoms. The van der Waals surface area contributed by atoms with Crippen molar-refractivity contribution in [2.24, 2.45) is 11.8 Å². The summed E-state index contributed by atoms with van der Waals surface area (Å²) in [5.41, 5.74) is 9.91. The monoisotopic (exact) mass is 747 g/mol. The normalized spacial score (nSPS) is 20.0. The number of H-pyrrole nitrogens is 2. The summed E-state index contributed by atoms with van der Waals surface area (Å²) >= 11 is 0. The highest BCUT2D eigenvalue weighted by molar-refractivity contribution is 5.86. The van der Waals surface area contributed by atoms with E-state index in [4.69, 9.17) is 14.7 Å². The number of methoxy groups -OCH3 is 1. The second-order valence-corrected chi connectivity index (χ2v) is 16.0. The predicted molar refractivity (Wildman–Crippen MR) is 213 cm³/mol. The molecule has 6 unspecified atom stereocenters. The van der Waals surface area contributed by atoms with Gasteiger partial charge in [-0.3, -0.25) is 9.59 Å². The van der Waals surface area contributed by atoms with E-state index in [0.717, 1.165) is 86.4 Å². The topological polar surface area (TPSA) is 145 Å². The number of alkyl carbamates (subject to hydrolysis) is 1. The molecule has 292 valence electrons. The minimum Gasteiger partial charge on any atom is -0.453 e. The molecule has 55 heavy (non-hydrogen) atoms. The number of rotatable bonds is 15. The minimum absolute atomic E-state index is 0.0339. The molecule has 3 aliphatic carbocycles. The number of aromatic nitrogens is 4. The Hall–Kier alpha value is -4.93. The summed E-state index contributed by atoms with van der Waals surface area (Å²) in [6, 6.07) is 12.9. The van der Waals surface area contributed by atoms with Crippen LogP contribution in [0.15, 0.2) is 48.8 Å². The second-order valence-electron chi connectivity index (χ2n) is 16.0. The van der Waals surface area contributed by atoms with Crippen LogP contribution >= 0.6 is 0 Å². The molecule has 2 aromatic carbocycles. The number of aromatic amines is 2. The summed E-state index contributed by atoms with van der Waals surface area (Å²) in [5, 5.41) is 5.84. The van der Waals surface area contributed by atoms with E-state index in [1.165, 1.54) is 34.9 Å². The highest BCUT2D eigenvalue weighted by Gasteiger charge is 2.39. The van der Waals surface area contributed by atoms with E-state index in [1.807, 2.05) is 31.1 Å². The smallest absolute Gasteiger partial charge is 0.407 e. The first-order valence-electron chi connectivity index (χ1n) is 20.5. The Morgan fingerprint density at radius 1 is 0.873 bits per heavy atom. The molecule has 2 aromatic heterocycles. The Balaban J connectivity index is 1.01. The van der Waals surface area contributed by atoms with Crippen LogP contribution in [0.4, 0.5) is 4.79 Å². The average molecular weight is 748 g/mol. The van der Waals surface area contributed by atoms with Crippen molar-refractivity contribution in [2.75, 3.05) is 20.2 Å². The van der Waals surface area contributed by atoms with Gasteiger partial charge in [0.05, 0.1) is 36.9 Å². The third kappa shape index (κ3) is 8.07. The number of hydrogen-bond donors (Lipinski definition) is 4. The molecule has 1 saturated heterocycles. The number of benzene rings is 2. The van der Waals surface area contributed by atoms with Crippen LogP contribution in [0, 0.1) is 11.8 Å². The highest BCUT2D eigenvalue weighted by atomic mass is 16.5. The zero-order valence-electron chi connectivity index (χ0n) is 33.0. The predicted octanol–water partition coefficient (Wildman–Crippen LogP) is 8.15.